The molecule has 8 unspecified atom stereocenters. The van der Waals surface area contributed by atoms with E-state index in [4.69, 9.17) is 14.2 Å². The average Bonchev–Trinajstić information content (AvgIpc) is 3.55. The molecule has 0 radical (unpaired) electrons. The first-order chi connectivity index (χ1) is 40.2. The van der Waals surface area contributed by atoms with E-state index in [0.717, 1.165) is 96.3 Å². The number of nitrogens with one attached hydrogen (secondary N) is 1. The van der Waals surface area contributed by atoms with Gasteiger partial charge >= 0.3 is 5.97 Å². The van der Waals surface area contributed by atoms with Gasteiger partial charge in [0.25, 0.3) is 0 Å². The number of aliphatic hydroxyl groups excluding tert-OH is 5. The fourth-order valence-electron chi connectivity index (χ4n) is 10.5. The Morgan fingerprint density at radius 2 is 0.878 bits per heavy atom. The number of carbonyl (C=O) groups is 2. The molecule has 1 heterocycles. The average molecular weight is 1150 g/mol. The maximum absolute atomic E-state index is 13.5. The third kappa shape index (κ3) is 45.5. The molecule has 0 aromatic rings. The van der Waals surface area contributed by atoms with E-state index >= 15 is 0 Å². The highest BCUT2D eigenvalue weighted by atomic mass is 16.7. The van der Waals surface area contributed by atoms with Crippen molar-refractivity contribution < 1.29 is 49.3 Å². The lowest BCUT2D eigenvalue weighted by atomic mass is 9.99. The third-order valence-corrected chi connectivity index (χ3v) is 15.9. The molecule has 11 heteroatoms. The van der Waals surface area contributed by atoms with E-state index in [1.165, 1.54) is 161 Å². The summed E-state index contributed by atoms with van der Waals surface area (Å²) in [6, 6.07) is -1.03. The maximum atomic E-state index is 13.5. The van der Waals surface area contributed by atoms with Crippen LogP contribution in [0.4, 0.5) is 0 Å². The number of ether oxygens (including phenoxy) is 3. The van der Waals surface area contributed by atoms with Crippen molar-refractivity contribution in [2.75, 3.05) is 13.2 Å². The van der Waals surface area contributed by atoms with Crippen molar-refractivity contribution in [3.63, 3.8) is 0 Å². The van der Waals surface area contributed by atoms with Crippen molar-refractivity contribution in [1.82, 2.24) is 5.32 Å². The van der Waals surface area contributed by atoms with E-state index in [1.54, 1.807) is 6.08 Å². The van der Waals surface area contributed by atoms with Crippen LogP contribution in [0.15, 0.2) is 72.9 Å². The van der Waals surface area contributed by atoms with Gasteiger partial charge in [0, 0.05) is 6.42 Å². The predicted molar refractivity (Wildman–Crippen MR) is 343 cm³/mol. The maximum Gasteiger partial charge on any atom is 0.306 e. The van der Waals surface area contributed by atoms with Crippen molar-refractivity contribution in [2.45, 2.75) is 352 Å². The van der Waals surface area contributed by atoms with Crippen LogP contribution in [-0.2, 0) is 23.8 Å². The van der Waals surface area contributed by atoms with E-state index in [9.17, 15) is 35.1 Å². The number of unbranched alkanes of at least 4 members (excludes halogenated alkanes) is 34. The summed E-state index contributed by atoms with van der Waals surface area (Å²) in [4.78, 5) is 26.6. The number of rotatable bonds is 58. The van der Waals surface area contributed by atoms with Gasteiger partial charge in [-0.25, -0.2) is 0 Å². The second-order valence-corrected chi connectivity index (χ2v) is 23.5. The van der Waals surface area contributed by atoms with Crippen LogP contribution in [0.5, 0.6) is 0 Å². The Bertz CT molecular complexity index is 1610. The van der Waals surface area contributed by atoms with Gasteiger partial charge < -0.3 is 45.1 Å². The molecule has 1 aliphatic rings. The van der Waals surface area contributed by atoms with Crippen LogP contribution in [0.25, 0.3) is 0 Å². The predicted octanol–water partition coefficient (Wildman–Crippen LogP) is 17.1. The molecule has 8 atom stereocenters. The molecule has 0 spiro atoms. The molecular formula is C71H127NO10. The molecule has 1 aliphatic heterocycles. The first-order valence-corrected chi connectivity index (χ1v) is 34.2. The smallest absolute Gasteiger partial charge is 0.306 e. The summed E-state index contributed by atoms with van der Waals surface area (Å²) >= 11 is 0. The standard InChI is InChI=1S/C71H127NO10/c1-4-7-10-13-16-19-22-25-27-28-29-30-31-32-33-34-35-36-37-38-40-43-46-49-52-55-58-64(75)70(79)72-62(63(74)57-54-51-48-45-42-39-24-21-18-15-12-9-6-3)61-80-71-69(68(78)67(77)65(60-73)81-71)82-66(76)59-56-53-50-47-44-41-26-23-20-17-14-11-8-5-2/h7,10,16,19,25,27,29-30,32-33,54,57,62-65,67-69,71,73-75,77-78H,4-6,8-9,11-15,17-18,20-24,26,28,31,34-53,55-56,58-61H2,1-3H3,(H,72,79)/b10-7-,19-16-,27-25-,30-29-,33-32-,57-54+. The van der Waals surface area contributed by atoms with E-state index in [1.807, 2.05) is 6.08 Å². The van der Waals surface area contributed by atoms with Crippen LogP contribution >= 0.6 is 0 Å². The van der Waals surface area contributed by atoms with E-state index in [-0.39, 0.29) is 19.4 Å². The molecule has 1 fully saturated rings. The van der Waals surface area contributed by atoms with Crippen molar-refractivity contribution in [2.24, 2.45) is 0 Å². The lowest BCUT2D eigenvalue weighted by Crippen LogP contribution is -2.61. The molecule has 1 amide bonds. The summed E-state index contributed by atoms with van der Waals surface area (Å²) in [6.07, 6.45) is 65.1. The Morgan fingerprint density at radius 1 is 0.488 bits per heavy atom. The normalized spacial score (nSPS) is 19.0. The first-order valence-electron chi connectivity index (χ1n) is 34.2. The molecular weight excluding hydrogens is 1030 g/mol. The summed E-state index contributed by atoms with van der Waals surface area (Å²) in [7, 11) is 0. The van der Waals surface area contributed by atoms with Crippen LogP contribution < -0.4 is 5.32 Å². The third-order valence-electron chi connectivity index (χ3n) is 15.9. The zero-order valence-corrected chi connectivity index (χ0v) is 52.9. The lowest BCUT2D eigenvalue weighted by molar-refractivity contribution is -0.305. The van der Waals surface area contributed by atoms with Crippen LogP contribution in [0.3, 0.4) is 0 Å². The molecule has 1 rings (SSSR count). The number of aliphatic hydroxyl groups is 5. The van der Waals surface area contributed by atoms with Crippen LogP contribution in [-0.4, -0.2) is 99.6 Å². The van der Waals surface area contributed by atoms with Crippen molar-refractivity contribution in [1.29, 1.82) is 0 Å². The summed E-state index contributed by atoms with van der Waals surface area (Å²) < 4.78 is 17.7. The fourth-order valence-corrected chi connectivity index (χ4v) is 10.5. The summed E-state index contributed by atoms with van der Waals surface area (Å²) in [5.41, 5.74) is 0. The highest BCUT2D eigenvalue weighted by Crippen LogP contribution is 2.26. The number of amides is 1. The topological polar surface area (TPSA) is 175 Å². The zero-order valence-electron chi connectivity index (χ0n) is 52.9. The lowest BCUT2D eigenvalue weighted by Gasteiger charge is -2.41. The number of hydrogen-bond donors (Lipinski definition) is 6. The molecule has 82 heavy (non-hydrogen) atoms. The van der Waals surface area contributed by atoms with Crippen molar-refractivity contribution >= 4 is 11.9 Å². The minimum atomic E-state index is -1.61. The second kappa shape index (κ2) is 58.5. The van der Waals surface area contributed by atoms with E-state index < -0.39 is 67.4 Å². The minimum Gasteiger partial charge on any atom is -0.454 e. The Labute approximate surface area is 502 Å². The Kier molecular flexibility index (Phi) is 55.0. The van der Waals surface area contributed by atoms with Crippen molar-refractivity contribution in [3.05, 3.63) is 72.9 Å². The number of hydrogen-bond acceptors (Lipinski definition) is 10. The van der Waals surface area contributed by atoms with Gasteiger partial charge in [-0.1, -0.05) is 299 Å². The van der Waals surface area contributed by atoms with Gasteiger partial charge in [0.05, 0.1) is 25.4 Å². The fraction of sp³-hybridized carbons (Fsp3) is 0.803. The molecule has 0 aromatic carbocycles. The monoisotopic (exact) mass is 1150 g/mol. The van der Waals surface area contributed by atoms with E-state index in [2.05, 4.69) is 86.8 Å². The van der Waals surface area contributed by atoms with Gasteiger partial charge in [0.1, 0.15) is 24.4 Å². The molecule has 11 nitrogen and oxygen atoms in total. The molecule has 0 aromatic heterocycles. The Hall–Kier alpha value is -2.90. The zero-order chi connectivity index (χ0) is 59.6. The van der Waals surface area contributed by atoms with Gasteiger partial charge in [0.2, 0.25) is 5.91 Å². The minimum absolute atomic E-state index is 0.126. The van der Waals surface area contributed by atoms with Gasteiger partial charge in [-0.3, -0.25) is 9.59 Å². The van der Waals surface area contributed by atoms with Crippen LogP contribution in [0, 0.1) is 0 Å². The summed E-state index contributed by atoms with van der Waals surface area (Å²) in [6.45, 7) is 5.70. The Morgan fingerprint density at radius 3 is 1.32 bits per heavy atom. The van der Waals surface area contributed by atoms with Gasteiger partial charge in [0.15, 0.2) is 12.4 Å². The van der Waals surface area contributed by atoms with Gasteiger partial charge in [-0.15, -0.1) is 0 Å². The first kappa shape index (κ1) is 77.1. The molecule has 0 saturated carbocycles. The molecule has 0 bridgehead atoms. The number of carbonyl (C=O) groups excluding carboxylic acids is 2. The second-order valence-electron chi connectivity index (χ2n) is 23.5. The van der Waals surface area contributed by atoms with Gasteiger partial charge in [-0.05, 0) is 70.6 Å². The summed E-state index contributed by atoms with van der Waals surface area (Å²) in [5.74, 6) is -1.19. The van der Waals surface area contributed by atoms with E-state index in [0.29, 0.717) is 12.8 Å². The van der Waals surface area contributed by atoms with Crippen LogP contribution in [0.1, 0.15) is 303 Å². The van der Waals surface area contributed by atoms with Gasteiger partial charge in [-0.2, -0.15) is 0 Å². The summed E-state index contributed by atoms with van der Waals surface area (Å²) in [5, 5.41) is 57.2. The van der Waals surface area contributed by atoms with Crippen molar-refractivity contribution in [3.8, 4) is 0 Å². The quantitative estimate of drug-likeness (QED) is 0.0195. The highest BCUT2D eigenvalue weighted by Gasteiger charge is 2.47. The molecule has 6 N–H and O–H groups in total. The largest absolute Gasteiger partial charge is 0.454 e. The molecule has 476 valence electrons. The number of allylic oxidation sites excluding steroid dienone is 11. The molecule has 1 saturated heterocycles. The highest BCUT2D eigenvalue weighted by molar-refractivity contribution is 5.80. The Balaban J connectivity index is 2.59. The number of esters is 1. The SMILES string of the molecule is CC/C=C\C/C=C\C/C=C\C/C=C\C/C=C\CCCCCCCCCCCCC(O)C(=O)NC(COC1OC(CO)C(O)C(O)C1OC(=O)CCCCCCCCCCCCCCCC)C(O)/C=C/CCCCCCCCCCCCC. The molecule has 0 aliphatic carbocycles. The van der Waals surface area contributed by atoms with Crippen LogP contribution in [0.2, 0.25) is 0 Å².